The number of rotatable bonds is 1. The lowest BCUT2D eigenvalue weighted by Gasteiger charge is -2.23. The van der Waals surface area contributed by atoms with Crippen molar-refractivity contribution in [2.45, 2.75) is 18.8 Å². The number of hydrogen-bond donors (Lipinski definition) is 3. The number of piperidine rings is 1. The van der Waals surface area contributed by atoms with E-state index in [0.29, 0.717) is 5.92 Å². The molecular formula is C11H16ClNO2. The van der Waals surface area contributed by atoms with E-state index in [1.54, 1.807) is 6.07 Å². The van der Waals surface area contributed by atoms with Crippen molar-refractivity contribution in [1.82, 2.24) is 5.32 Å². The second-order valence-electron chi connectivity index (χ2n) is 3.77. The van der Waals surface area contributed by atoms with E-state index in [0.717, 1.165) is 31.5 Å². The molecule has 0 saturated carbocycles. The third-order valence-corrected chi connectivity index (χ3v) is 2.79. The molecule has 0 unspecified atom stereocenters. The maximum Gasteiger partial charge on any atom is 0.122 e. The minimum atomic E-state index is 0. The molecule has 1 heterocycles. The average Bonchev–Trinajstić information content (AvgIpc) is 2.19. The summed E-state index contributed by atoms with van der Waals surface area (Å²) in [7, 11) is 0. The average molecular weight is 230 g/mol. The highest BCUT2D eigenvalue weighted by molar-refractivity contribution is 5.85. The van der Waals surface area contributed by atoms with Gasteiger partial charge in [0.1, 0.15) is 11.5 Å². The zero-order chi connectivity index (χ0) is 9.97. The first-order valence-corrected chi connectivity index (χ1v) is 5.00. The minimum absolute atomic E-state index is 0. The number of phenolic OH excluding ortho intramolecular Hbond substituents is 2. The summed E-state index contributed by atoms with van der Waals surface area (Å²) < 4.78 is 0. The Morgan fingerprint density at radius 3 is 2.40 bits per heavy atom. The van der Waals surface area contributed by atoms with Crippen LogP contribution in [0, 0.1) is 0 Å². The monoisotopic (exact) mass is 229 g/mol. The van der Waals surface area contributed by atoms with Gasteiger partial charge in [-0.15, -0.1) is 12.4 Å². The normalized spacial score (nSPS) is 17.1. The van der Waals surface area contributed by atoms with Crippen molar-refractivity contribution in [2.24, 2.45) is 0 Å². The van der Waals surface area contributed by atoms with Crippen LogP contribution in [-0.4, -0.2) is 23.3 Å². The first kappa shape index (κ1) is 12.1. The Bertz CT molecular complexity index is 324. The summed E-state index contributed by atoms with van der Waals surface area (Å²) in [4.78, 5) is 0. The largest absolute Gasteiger partial charge is 0.508 e. The van der Waals surface area contributed by atoms with Crippen molar-refractivity contribution >= 4 is 12.4 Å². The Morgan fingerprint density at radius 2 is 1.80 bits per heavy atom. The van der Waals surface area contributed by atoms with Gasteiger partial charge in [-0.2, -0.15) is 0 Å². The molecule has 0 bridgehead atoms. The van der Waals surface area contributed by atoms with Gasteiger partial charge in [-0.3, -0.25) is 0 Å². The molecule has 1 aliphatic heterocycles. The Balaban J connectivity index is 0.00000112. The summed E-state index contributed by atoms with van der Waals surface area (Å²) in [5.74, 6) is 0.772. The van der Waals surface area contributed by atoms with Gasteiger partial charge in [0.25, 0.3) is 0 Å². The second-order valence-corrected chi connectivity index (χ2v) is 3.77. The SMILES string of the molecule is Cl.Oc1ccc(C2CCNCC2)c(O)c1. The molecule has 0 aliphatic carbocycles. The van der Waals surface area contributed by atoms with E-state index in [-0.39, 0.29) is 23.9 Å². The van der Waals surface area contributed by atoms with Gasteiger partial charge in [0, 0.05) is 6.07 Å². The number of aromatic hydroxyl groups is 2. The topological polar surface area (TPSA) is 52.5 Å². The van der Waals surface area contributed by atoms with Crippen LogP contribution >= 0.6 is 12.4 Å². The van der Waals surface area contributed by atoms with Crippen LogP contribution in [0.15, 0.2) is 18.2 Å². The molecule has 0 radical (unpaired) electrons. The summed E-state index contributed by atoms with van der Waals surface area (Å²) in [6.45, 7) is 2.01. The number of nitrogens with one attached hydrogen (secondary N) is 1. The number of phenols is 2. The molecule has 2 rings (SSSR count). The first-order valence-electron chi connectivity index (χ1n) is 5.00. The van der Waals surface area contributed by atoms with Crippen molar-refractivity contribution in [3.05, 3.63) is 23.8 Å². The van der Waals surface area contributed by atoms with Gasteiger partial charge in [-0.25, -0.2) is 0 Å². The van der Waals surface area contributed by atoms with E-state index in [2.05, 4.69) is 5.32 Å². The Kier molecular flexibility index (Phi) is 4.24. The smallest absolute Gasteiger partial charge is 0.122 e. The van der Waals surface area contributed by atoms with Crippen molar-refractivity contribution < 1.29 is 10.2 Å². The fraction of sp³-hybridized carbons (Fsp3) is 0.455. The lowest BCUT2D eigenvalue weighted by Crippen LogP contribution is -2.26. The van der Waals surface area contributed by atoms with E-state index in [4.69, 9.17) is 5.11 Å². The molecule has 1 aliphatic rings. The van der Waals surface area contributed by atoms with Crippen LogP contribution in [0.2, 0.25) is 0 Å². The Morgan fingerprint density at radius 1 is 1.13 bits per heavy atom. The van der Waals surface area contributed by atoms with Crippen LogP contribution in [-0.2, 0) is 0 Å². The number of benzene rings is 1. The molecular weight excluding hydrogens is 214 g/mol. The van der Waals surface area contributed by atoms with Crippen LogP contribution in [0.3, 0.4) is 0 Å². The second kappa shape index (κ2) is 5.24. The maximum atomic E-state index is 9.66. The Hall–Kier alpha value is -0.930. The third-order valence-electron chi connectivity index (χ3n) is 2.79. The van der Waals surface area contributed by atoms with Crippen molar-refractivity contribution in [3.63, 3.8) is 0 Å². The third kappa shape index (κ3) is 2.76. The van der Waals surface area contributed by atoms with E-state index >= 15 is 0 Å². The van der Waals surface area contributed by atoms with Gasteiger partial charge in [-0.05, 0) is 43.5 Å². The predicted octanol–water partition coefficient (Wildman–Crippen LogP) is 1.99. The van der Waals surface area contributed by atoms with E-state index < -0.39 is 0 Å². The zero-order valence-corrected chi connectivity index (χ0v) is 9.26. The highest BCUT2D eigenvalue weighted by Gasteiger charge is 2.18. The molecule has 1 fully saturated rings. The van der Waals surface area contributed by atoms with Crippen molar-refractivity contribution in [3.8, 4) is 11.5 Å². The van der Waals surface area contributed by atoms with Crippen LogP contribution in [0.1, 0.15) is 24.3 Å². The summed E-state index contributed by atoms with van der Waals surface area (Å²) >= 11 is 0. The van der Waals surface area contributed by atoms with Crippen molar-refractivity contribution in [2.75, 3.05) is 13.1 Å². The minimum Gasteiger partial charge on any atom is -0.508 e. The summed E-state index contributed by atoms with van der Waals surface area (Å²) in [6, 6.07) is 4.87. The highest BCUT2D eigenvalue weighted by atomic mass is 35.5. The van der Waals surface area contributed by atoms with E-state index in [1.165, 1.54) is 6.07 Å². The van der Waals surface area contributed by atoms with Crippen LogP contribution in [0.5, 0.6) is 11.5 Å². The van der Waals surface area contributed by atoms with Crippen LogP contribution in [0.4, 0.5) is 0 Å². The van der Waals surface area contributed by atoms with Gasteiger partial charge >= 0.3 is 0 Å². The fourth-order valence-corrected chi connectivity index (χ4v) is 2.01. The summed E-state index contributed by atoms with van der Waals surface area (Å²) in [5.41, 5.74) is 0.962. The van der Waals surface area contributed by atoms with Gasteiger partial charge in [0.2, 0.25) is 0 Å². The molecule has 1 aromatic carbocycles. The lowest BCUT2D eigenvalue weighted by atomic mass is 9.89. The summed E-state index contributed by atoms with van der Waals surface area (Å²) in [5, 5.41) is 22.1. The molecule has 0 aromatic heterocycles. The number of hydrogen-bond acceptors (Lipinski definition) is 3. The molecule has 0 amide bonds. The van der Waals surface area contributed by atoms with Crippen molar-refractivity contribution in [1.29, 1.82) is 0 Å². The van der Waals surface area contributed by atoms with Gasteiger partial charge < -0.3 is 15.5 Å². The molecule has 0 spiro atoms. The zero-order valence-electron chi connectivity index (χ0n) is 8.44. The number of halogens is 1. The van der Waals surface area contributed by atoms with E-state index in [9.17, 15) is 5.11 Å². The molecule has 4 heteroatoms. The molecule has 3 N–H and O–H groups in total. The molecule has 1 aromatic rings. The van der Waals surface area contributed by atoms with Gasteiger partial charge in [-0.1, -0.05) is 6.07 Å². The molecule has 15 heavy (non-hydrogen) atoms. The van der Waals surface area contributed by atoms with E-state index in [1.807, 2.05) is 6.07 Å². The molecule has 84 valence electrons. The molecule has 3 nitrogen and oxygen atoms in total. The lowest BCUT2D eigenvalue weighted by molar-refractivity contribution is 0.417. The van der Waals surface area contributed by atoms with Crippen LogP contribution in [0.25, 0.3) is 0 Å². The van der Waals surface area contributed by atoms with Gasteiger partial charge in [0.05, 0.1) is 0 Å². The quantitative estimate of drug-likeness (QED) is 0.690. The maximum absolute atomic E-state index is 9.66. The molecule has 0 atom stereocenters. The molecule has 1 saturated heterocycles. The first-order chi connectivity index (χ1) is 6.77. The van der Waals surface area contributed by atoms with Gasteiger partial charge in [0.15, 0.2) is 0 Å². The highest BCUT2D eigenvalue weighted by Crippen LogP contribution is 2.33. The van der Waals surface area contributed by atoms with Crippen LogP contribution < -0.4 is 5.32 Å². The standard InChI is InChI=1S/C11H15NO2.ClH/c13-9-1-2-10(11(14)7-9)8-3-5-12-6-4-8;/h1-2,7-8,12-14H,3-6H2;1H. The Labute approximate surface area is 95.5 Å². The predicted molar refractivity (Wildman–Crippen MR) is 61.9 cm³/mol. The fourth-order valence-electron chi connectivity index (χ4n) is 2.01. The summed E-state index contributed by atoms with van der Waals surface area (Å²) in [6.07, 6.45) is 2.11.